The minimum absolute atomic E-state index is 0.259. The molecule has 1 aliphatic heterocycles. The number of hydrogen-bond donors (Lipinski definition) is 2. The molecule has 0 radical (unpaired) electrons. The van der Waals surface area contributed by atoms with Crippen molar-refractivity contribution >= 4 is 11.8 Å². The maximum absolute atomic E-state index is 9.45. The van der Waals surface area contributed by atoms with E-state index in [1.165, 1.54) is 5.56 Å². The molecule has 1 aromatic carbocycles. The second-order valence-electron chi connectivity index (χ2n) is 6.32. The van der Waals surface area contributed by atoms with Crippen molar-refractivity contribution in [3.8, 4) is 5.75 Å². The monoisotopic (exact) mass is 348 g/mol. The van der Waals surface area contributed by atoms with Gasteiger partial charge in [-0.2, -0.15) is 0 Å². The lowest BCUT2D eigenvalue weighted by Gasteiger charge is -2.24. The molecule has 7 heteroatoms. The van der Waals surface area contributed by atoms with E-state index in [4.69, 9.17) is 0 Å². The molecule has 2 N–H and O–H groups in total. The summed E-state index contributed by atoms with van der Waals surface area (Å²) in [4.78, 5) is 19.6. The summed E-state index contributed by atoms with van der Waals surface area (Å²) < 4.78 is 0. The Bertz CT molecular complexity index is 855. The van der Waals surface area contributed by atoms with Crippen LogP contribution >= 0.6 is 0 Å². The number of anilines is 2. The van der Waals surface area contributed by atoms with Gasteiger partial charge < -0.3 is 10.4 Å². The van der Waals surface area contributed by atoms with Crippen LogP contribution in [0.15, 0.2) is 55.1 Å². The summed E-state index contributed by atoms with van der Waals surface area (Å²) in [6.45, 7) is 1.87. The van der Waals surface area contributed by atoms with Crippen molar-refractivity contribution in [3.05, 3.63) is 66.4 Å². The van der Waals surface area contributed by atoms with Gasteiger partial charge in [-0.1, -0.05) is 12.1 Å². The van der Waals surface area contributed by atoms with Crippen LogP contribution in [0, 0.1) is 0 Å². The zero-order chi connectivity index (χ0) is 17.8. The van der Waals surface area contributed by atoms with Gasteiger partial charge in [-0.3, -0.25) is 9.88 Å². The fourth-order valence-corrected chi connectivity index (χ4v) is 3.28. The van der Waals surface area contributed by atoms with Crippen molar-refractivity contribution in [1.82, 2.24) is 24.8 Å². The predicted octanol–water partition coefficient (Wildman–Crippen LogP) is 3.05. The first-order chi connectivity index (χ1) is 12.8. The van der Waals surface area contributed by atoms with Gasteiger partial charge in [0, 0.05) is 25.1 Å². The highest BCUT2D eigenvalue weighted by Crippen LogP contribution is 2.32. The Labute approximate surface area is 151 Å². The molecule has 3 aromatic rings. The molecule has 0 bridgehead atoms. The minimum Gasteiger partial charge on any atom is -0.508 e. The zero-order valence-electron chi connectivity index (χ0n) is 14.3. The highest BCUT2D eigenvalue weighted by atomic mass is 16.3. The van der Waals surface area contributed by atoms with Crippen LogP contribution in [0.1, 0.15) is 30.1 Å². The standard InChI is InChI=1S/C19H20N6O/c26-15-5-3-14(4-6-15)13-25-11-1-2-17(25)16-7-8-22-19(23-16)24-18-12-20-9-10-21-18/h3-10,12,17,26H,1-2,11,13H2,(H,21,22,23,24). The van der Waals surface area contributed by atoms with Crippen LogP contribution in [0.5, 0.6) is 5.75 Å². The Balaban J connectivity index is 1.50. The number of likely N-dealkylation sites (tertiary alicyclic amines) is 1. The summed E-state index contributed by atoms with van der Waals surface area (Å²) in [5.41, 5.74) is 2.18. The summed E-state index contributed by atoms with van der Waals surface area (Å²) in [5, 5.41) is 12.5. The highest BCUT2D eigenvalue weighted by Gasteiger charge is 2.27. The van der Waals surface area contributed by atoms with Gasteiger partial charge in [0.15, 0.2) is 5.82 Å². The molecular weight excluding hydrogens is 328 g/mol. The van der Waals surface area contributed by atoms with Gasteiger partial charge in [0.1, 0.15) is 5.75 Å². The molecule has 0 spiro atoms. The molecule has 2 aromatic heterocycles. The van der Waals surface area contributed by atoms with Crippen LogP contribution in [0.25, 0.3) is 0 Å². The van der Waals surface area contributed by atoms with E-state index >= 15 is 0 Å². The van der Waals surface area contributed by atoms with Crippen LogP contribution in [-0.4, -0.2) is 36.5 Å². The summed E-state index contributed by atoms with van der Waals surface area (Å²) in [7, 11) is 0. The number of nitrogens with zero attached hydrogens (tertiary/aromatic N) is 5. The molecule has 1 fully saturated rings. The number of aromatic nitrogens is 4. The average Bonchev–Trinajstić information content (AvgIpc) is 3.13. The van der Waals surface area contributed by atoms with Gasteiger partial charge in [0.25, 0.3) is 0 Å². The minimum atomic E-state index is 0.259. The largest absolute Gasteiger partial charge is 0.508 e. The lowest BCUT2D eigenvalue weighted by Crippen LogP contribution is -2.23. The summed E-state index contributed by atoms with van der Waals surface area (Å²) >= 11 is 0. The topological polar surface area (TPSA) is 87.1 Å². The maximum atomic E-state index is 9.45. The third-order valence-corrected chi connectivity index (χ3v) is 4.51. The van der Waals surface area contributed by atoms with Crippen molar-refractivity contribution in [2.24, 2.45) is 0 Å². The number of rotatable bonds is 5. The van der Waals surface area contributed by atoms with Crippen LogP contribution < -0.4 is 5.32 Å². The van der Waals surface area contributed by atoms with Gasteiger partial charge in [-0.15, -0.1) is 0 Å². The van der Waals surface area contributed by atoms with E-state index in [0.717, 1.165) is 31.6 Å². The summed E-state index contributed by atoms with van der Waals surface area (Å²) in [6.07, 6.45) is 8.88. The van der Waals surface area contributed by atoms with E-state index in [0.29, 0.717) is 17.5 Å². The van der Waals surface area contributed by atoms with Gasteiger partial charge in [0.2, 0.25) is 5.95 Å². The zero-order valence-corrected chi connectivity index (χ0v) is 14.3. The van der Waals surface area contributed by atoms with Crippen molar-refractivity contribution in [2.75, 3.05) is 11.9 Å². The van der Waals surface area contributed by atoms with Crippen LogP contribution in [0.3, 0.4) is 0 Å². The lowest BCUT2D eigenvalue weighted by molar-refractivity contribution is 0.244. The van der Waals surface area contributed by atoms with Gasteiger partial charge >= 0.3 is 0 Å². The van der Waals surface area contributed by atoms with Gasteiger partial charge in [-0.25, -0.2) is 15.0 Å². The number of benzene rings is 1. The second-order valence-corrected chi connectivity index (χ2v) is 6.32. The molecule has 132 valence electrons. The first-order valence-corrected chi connectivity index (χ1v) is 8.66. The van der Waals surface area contributed by atoms with Crippen LogP contribution in [-0.2, 0) is 6.54 Å². The second kappa shape index (κ2) is 7.45. The van der Waals surface area contributed by atoms with Crippen molar-refractivity contribution in [2.45, 2.75) is 25.4 Å². The van der Waals surface area contributed by atoms with E-state index in [1.54, 1.807) is 36.9 Å². The van der Waals surface area contributed by atoms with Crippen LogP contribution in [0.4, 0.5) is 11.8 Å². The Kier molecular flexibility index (Phi) is 4.70. The molecule has 7 nitrogen and oxygen atoms in total. The number of nitrogens with one attached hydrogen (secondary N) is 1. The highest BCUT2D eigenvalue weighted by molar-refractivity contribution is 5.45. The average molecular weight is 348 g/mol. The first-order valence-electron chi connectivity index (χ1n) is 8.66. The number of hydrogen-bond acceptors (Lipinski definition) is 7. The van der Waals surface area contributed by atoms with Crippen molar-refractivity contribution in [3.63, 3.8) is 0 Å². The molecule has 0 amide bonds. The van der Waals surface area contributed by atoms with Gasteiger partial charge in [-0.05, 0) is 43.1 Å². The Morgan fingerprint density at radius 1 is 1.08 bits per heavy atom. The number of aromatic hydroxyl groups is 1. The smallest absolute Gasteiger partial charge is 0.228 e. The Morgan fingerprint density at radius 3 is 2.77 bits per heavy atom. The Hall–Kier alpha value is -3.06. The van der Waals surface area contributed by atoms with Crippen molar-refractivity contribution < 1.29 is 5.11 Å². The van der Waals surface area contributed by atoms with E-state index in [2.05, 4.69) is 30.2 Å². The predicted molar refractivity (Wildman–Crippen MR) is 97.8 cm³/mol. The molecule has 1 saturated heterocycles. The van der Waals surface area contributed by atoms with Gasteiger partial charge in [0.05, 0.1) is 17.9 Å². The molecule has 3 heterocycles. The third kappa shape index (κ3) is 3.78. The SMILES string of the molecule is Oc1ccc(CN2CCCC2c2ccnc(Nc3cnccn3)n2)cc1. The summed E-state index contributed by atoms with van der Waals surface area (Å²) in [5.74, 6) is 1.44. The maximum Gasteiger partial charge on any atom is 0.228 e. The number of phenolic OH excluding ortho intramolecular Hbond substituents is 1. The summed E-state index contributed by atoms with van der Waals surface area (Å²) in [6, 6.07) is 9.62. The van der Waals surface area contributed by atoms with Crippen LogP contribution in [0.2, 0.25) is 0 Å². The molecule has 0 aliphatic carbocycles. The van der Waals surface area contributed by atoms with E-state index in [9.17, 15) is 5.11 Å². The fourth-order valence-electron chi connectivity index (χ4n) is 3.28. The molecule has 1 atom stereocenters. The fraction of sp³-hybridized carbons (Fsp3) is 0.263. The molecular formula is C19H20N6O. The third-order valence-electron chi connectivity index (χ3n) is 4.51. The molecule has 26 heavy (non-hydrogen) atoms. The first kappa shape index (κ1) is 16.4. The van der Waals surface area contributed by atoms with E-state index in [1.807, 2.05) is 18.2 Å². The quantitative estimate of drug-likeness (QED) is 0.733. The van der Waals surface area contributed by atoms with Crippen molar-refractivity contribution in [1.29, 1.82) is 0 Å². The molecule has 1 unspecified atom stereocenters. The molecule has 4 rings (SSSR count). The molecule has 1 aliphatic rings. The lowest BCUT2D eigenvalue weighted by atomic mass is 10.1. The van der Waals surface area contributed by atoms with E-state index < -0.39 is 0 Å². The Morgan fingerprint density at radius 2 is 1.96 bits per heavy atom. The normalized spacial score (nSPS) is 17.3. The number of phenols is 1. The molecule has 0 saturated carbocycles. The van der Waals surface area contributed by atoms with E-state index in [-0.39, 0.29) is 6.04 Å².